The van der Waals surface area contributed by atoms with Gasteiger partial charge in [0.2, 0.25) is 0 Å². The molecule has 2 heterocycles. The SMILES string of the molecule is Cn1c(=O)[nH]c2cc(C(=O)NCC(C)(O)c3ccco3)ccc21. The maximum Gasteiger partial charge on any atom is 0.326 e. The van der Waals surface area contributed by atoms with Crippen molar-refractivity contribution in [2.75, 3.05) is 6.54 Å². The normalized spacial score (nSPS) is 13.9. The Bertz CT molecular complexity index is 903. The number of benzene rings is 1. The van der Waals surface area contributed by atoms with Crippen LogP contribution in [0.25, 0.3) is 11.0 Å². The van der Waals surface area contributed by atoms with Crippen LogP contribution in [0, 0.1) is 0 Å². The van der Waals surface area contributed by atoms with Crippen molar-refractivity contribution in [3.63, 3.8) is 0 Å². The minimum atomic E-state index is -1.30. The number of aromatic amines is 1. The van der Waals surface area contributed by atoms with Crippen LogP contribution in [0.2, 0.25) is 0 Å². The summed E-state index contributed by atoms with van der Waals surface area (Å²) in [7, 11) is 1.65. The van der Waals surface area contributed by atoms with Crippen molar-refractivity contribution in [1.82, 2.24) is 14.9 Å². The van der Waals surface area contributed by atoms with Crippen LogP contribution < -0.4 is 11.0 Å². The van der Waals surface area contributed by atoms with Gasteiger partial charge in [0.25, 0.3) is 5.91 Å². The molecule has 0 spiro atoms. The average Bonchev–Trinajstić information content (AvgIpc) is 3.15. The first-order valence-electron chi connectivity index (χ1n) is 7.12. The third kappa shape index (κ3) is 2.78. The number of aliphatic hydroxyl groups is 1. The van der Waals surface area contributed by atoms with Gasteiger partial charge < -0.3 is 19.8 Å². The fraction of sp³-hybridized carbons (Fsp3) is 0.250. The molecule has 0 aliphatic carbocycles. The van der Waals surface area contributed by atoms with Crippen LogP contribution in [0.1, 0.15) is 23.0 Å². The summed E-state index contributed by atoms with van der Waals surface area (Å²) in [6, 6.07) is 8.26. The van der Waals surface area contributed by atoms with Gasteiger partial charge in [0.1, 0.15) is 11.4 Å². The molecule has 1 aromatic carbocycles. The van der Waals surface area contributed by atoms with E-state index in [1.165, 1.54) is 10.8 Å². The number of nitrogens with one attached hydrogen (secondary N) is 2. The van der Waals surface area contributed by atoms with Gasteiger partial charge in [0.15, 0.2) is 0 Å². The van der Waals surface area contributed by atoms with E-state index in [4.69, 9.17) is 4.42 Å². The van der Waals surface area contributed by atoms with Gasteiger partial charge in [0.05, 0.1) is 23.8 Å². The van der Waals surface area contributed by atoms with Crippen molar-refractivity contribution >= 4 is 16.9 Å². The first-order valence-corrected chi connectivity index (χ1v) is 7.12. The predicted octanol–water partition coefficient (Wildman–Crippen LogP) is 1.10. The minimum Gasteiger partial charge on any atom is -0.466 e. The van der Waals surface area contributed by atoms with Crippen LogP contribution in [-0.2, 0) is 12.6 Å². The van der Waals surface area contributed by atoms with Crippen LogP contribution >= 0.6 is 0 Å². The number of imidazole rings is 1. The number of H-pyrrole nitrogens is 1. The molecule has 3 rings (SSSR count). The Hall–Kier alpha value is -2.80. The molecule has 7 heteroatoms. The first kappa shape index (κ1) is 15.1. The van der Waals surface area contributed by atoms with Gasteiger partial charge >= 0.3 is 5.69 Å². The molecule has 23 heavy (non-hydrogen) atoms. The second kappa shape index (κ2) is 5.44. The molecule has 7 nitrogen and oxygen atoms in total. The molecule has 1 amide bonds. The van der Waals surface area contributed by atoms with Gasteiger partial charge in [-0.2, -0.15) is 0 Å². The van der Waals surface area contributed by atoms with Crippen LogP contribution in [0.3, 0.4) is 0 Å². The van der Waals surface area contributed by atoms with E-state index in [-0.39, 0.29) is 18.1 Å². The van der Waals surface area contributed by atoms with Crippen LogP contribution in [0.15, 0.2) is 45.8 Å². The van der Waals surface area contributed by atoms with Crippen molar-refractivity contribution in [1.29, 1.82) is 0 Å². The maximum atomic E-state index is 12.2. The summed E-state index contributed by atoms with van der Waals surface area (Å²) in [6.07, 6.45) is 1.46. The molecule has 0 aliphatic rings. The smallest absolute Gasteiger partial charge is 0.326 e. The largest absolute Gasteiger partial charge is 0.466 e. The Morgan fingerprint density at radius 2 is 2.22 bits per heavy atom. The standard InChI is InChI=1S/C16H17N3O4/c1-16(22,13-4-3-7-23-13)9-17-14(20)10-5-6-12-11(8-10)18-15(21)19(12)2/h3-8,22H,9H2,1-2H3,(H,17,20)(H,18,21). The summed E-state index contributed by atoms with van der Waals surface area (Å²) >= 11 is 0. The van der Waals surface area contributed by atoms with E-state index in [0.29, 0.717) is 22.4 Å². The van der Waals surface area contributed by atoms with Crippen LogP contribution in [0.4, 0.5) is 0 Å². The summed E-state index contributed by atoms with van der Waals surface area (Å²) in [6.45, 7) is 1.56. The van der Waals surface area contributed by atoms with Crippen molar-refractivity contribution in [3.8, 4) is 0 Å². The lowest BCUT2D eigenvalue weighted by atomic mass is 10.0. The van der Waals surface area contributed by atoms with E-state index >= 15 is 0 Å². The Morgan fingerprint density at radius 1 is 1.43 bits per heavy atom. The third-order valence-corrected chi connectivity index (χ3v) is 3.81. The molecule has 3 aromatic rings. The molecule has 120 valence electrons. The number of aryl methyl sites for hydroxylation is 1. The molecule has 1 atom stereocenters. The monoisotopic (exact) mass is 315 g/mol. The molecular formula is C16H17N3O4. The van der Waals surface area contributed by atoms with Crippen LogP contribution in [0.5, 0.6) is 0 Å². The Balaban J connectivity index is 1.77. The summed E-state index contributed by atoms with van der Waals surface area (Å²) in [4.78, 5) is 26.5. The fourth-order valence-electron chi connectivity index (χ4n) is 2.40. The third-order valence-electron chi connectivity index (χ3n) is 3.81. The summed E-state index contributed by atoms with van der Waals surface area (Å²) < 4.78 is 6.64. The minimum absolute atomic E-state index is 0.00267. The number of nitrogens with zero attached hydrogens (tertiary/aromatic N) is 1. The fourth-order valence-corrected chi connectivity index (χ4v) is 2.40. The van der Waals surface area contributed by atoms with Gasteiger partial charge in [0, 0.05) is 12.6 Å². The van der Waals surface area contributed by atoms with E-state index in [9.17, 15) is 14.7 Å². The van der Waals surface area contributed by atoms with E-state index in [1.54, 1.807) is 44.3 Å². The highest BCUT2D eigenvalue weighted by Crippen LogP contribution is 2.20. The van der Waals surface area contributed by atoms with Crippen molar-refractivity contribution in [2.45, 2.75) is 12.5 Å². The Labute approximate surface area is 131 Å². The highest BCUT2D eigenvalue weighted by atomic mass is 16.4. The summed E-state index contributed by atoms with van der Waals surface area (Å²) in [5.41, 5.74) is 0.162. The highest BCUT2D eigenvalue weighted by Gasteiger charge is 2.27. The number of hydrogen-bond donors (Lipinski definition) is 3. The number of carbonyl (C=O) groups is 1. The van der Waals surface area contributed by atoms with E-state index in [0.717, 1.165) is 0 Å². The number of hydrogen-bond acceptors (Lipinski definition) is 4. The van der Waals surface area contributed by atoms with E-state index in [1.807, 2.05) is 0 Å². The second-order valence-electron chi connectivity index (χ2n) is 5.65. The molecule has 3 N–H and O–H groups in total. The molecule has 0 saturated heterocycles. The molecule has 0 saturated carbocycles. The molecule has 0 bridgehead atoms. The van der Waals surface area contributed by atoms with E-state index < -0.39 is 5.60 Å². The quantitative estimate of drug-likeness (QED) is 0.671. The summed E-state index contributed by atoms with van der Waals surface area (Å²) in [5.74, 6) is 0.0316. The second-order valence-corrected chi connectivity index (χ2v) is 5.65. The Kier molecular flexibility index (Phi) is 3.57. The zero-order valence-corrected chi connectivity index (χ0v) is 12.8. The first-order chi connectivity index (χ1) is 10.9. The number of aromatic nitrogens is 2. The number of rotatable bonds is 4. The molecule has 0 aliphatic heterocycles. The van der Waals surface area contributed by atoms with Gasteiger partial charge in [-0.15, -0.1) is 0 Å². The molecule has 2 aromatic heterocycles. The molecule has 0 radical (unpaired) electrons. The van der Waals surface area contributed by atoms with Gasteiger partial charge in [-0.05, 0) is 37.3 Å². The number of furan rings is 1. The van der Waals surface area contributed by atoms with Crippen molar-refractivity contribution in [3.05, 3.63) is 58.4 Å². The van der Waals surface area contributed by atoms with Gasteiger partial charge in [-0.3, -0.25) is 9.36 Å². The van der Waals surface area contributed by atoms with Crippen molar-refractivity contribution < 1.29 is 14.3 Å². The van der Waals surface area contributed by atoms with Crippen molar-refractivity contribution in [2.24, 2.45) is 7.05 Å². The zero-order chi connectivity index (χ0) is 16.6. The zero-order valence-electron chi connectivity index (χ0n) is 12.8. The lowest BCUT2D eigenvalue weighted by molar-refractivity contribution is 0.0330. The number of amides is 1. The topological polar surface area (TPSA) is 100 Å². The lowest BCUT2D eigenvalue weighted by Crippen LogP contribution is -2.38. The van der Waals surface area contributed by atoms with Crippen LogP contribution in [-0.4, -0.2) is 27.1 Å². The molecule has 0 fully saturated rings. The number of carbonyl (C=O) groups excluding carboxylic acids is 1. The maximum absolute atomic E-state index is 12.2. The molecular weight excluding hydrogens is 298 g/mol. The Morgan fingerprint density at radius 3 is 2.91 bits per heavy atom. The lowest BCUT2D eigenvalue weighted by Gasteiger charge is -2.21. The van der Waals surface area contributed by atoms with E-state index in [2.05, 4.69) is 10.3 Å². The summed E-state index contributed by atoms with van der Waals surface area (Å²) in [5, 5.41) is 13.0. The van der Waals surface area contributed by atoms with Gasteiger partial charge in [-0.1, -0.05) is 0 Å². The average molecular weight is 315 g/mol. The predicted molar refractivity (Wildman–Crippen MR) is 84.2 cm³/mol. The number of fused-ring (bicyclic) bond motifs is 1. The highest BCUT2D eigenvalue weighted by molar-refractivity contribution is 5.97. The molecule has 1 unspecified atom stereocenters. The van der Waals surface area contributed by atoms with Gasteiger partial charge in [-0.25, -0.2) is 4.79 Å².